The first-order valence-electron chi connectivity index (χ1n) is 12.6. The predicted molar refractivity (Wildman–Crippen MR) is 149 cm³/mol. The van der Waals surface area contributed by atoms with E-state index in [1.54, 1.807) is 12.1 Å². The van der Waals surface area contributed by atoms with E-state index in [-0.39, 0.29) is 32.1 Å². The van der Waals surface area contributed by atoms with E-state index in [1.165, 1.54) is 6.20 Å². The van der Waals surface area contributed by atoms with Gasteiger partial charge in [-0.05, 0) is 42.9 Å². The molecule has 1 aromatic carbocycles. The lowest BCUT2D eigenvalue weighted by Crippen LogP contribution is -2.44. The van der Waals surface area contributed by atoms with Crippen LogP contribution in [0.3, 0.4) is 0 Å². The van der Waals surface area contributed by atoms with Crippen LogP contribution in [-0.2, 0) is 4.79 Å². The number of aromatic nitrogens is 2. The zero-order chi connectivity index (χ0) is 26.9. The van der Waals surface area contributed by atoms with Gasteiger partial charge in [-0.25, -0.2) is 13.8 Å². The molecule has 39 heavy (non-hydrogen) atoms. The maximum atomic E-state index is 13.7. The van der Waals surface area contributed by atoms with Crippen molar-refractivity contribution in [2.45, 2.75) is 31.2 Å². The Balaban J connectivity index is 0.00000353. The van der Waals surface area contributed by atoms with E-state index < -0.39 is 30.8 Å². The number of ketones is 1. The maximum absolute atomic E-state index is 13.7. The molecular weight excluding hydrogens is 522 g/mol. The van der Waals surface area contributed by atoms with Gasteiger partial charge in [0.2, 0.25) is 5.91 Å². The fraction of sp³-hybridized carbons (Fsp3) is 0.393. The van der Waals surface area contributed by atoms with Crippen molar-refractivity contribution in [3.63, 3.8) is 0 Å². The molecule has 11 heteroatoms. The predicted octanol–water partition coefficient (Wildman–Crippen LogP) is 3.88. The molecule has 0 saturated carbocycles. The minimum Gasteiger partial charge on any atom is -0.354 e. The Kier molecular flexibility index (Phi) is 8.47. The van der Waals surface area contributed by atoms with Crippen molar-refractivity contribution in [1.29, 1.82) is 5.26 Å². The van der Waals surface area contributed by atoms with Crippen LogP contribution < -0.4 is 4.90 Å². The van der Waals surface area contributed by atoms with Gasteiger partial charge < -0.3 is 14.7 Å². The zero-order valence-electron chi connectivity index (χ0n) is 21.6. The second-order valence-electron chi connectivity index (χ2n) is 9.94. The molecule has 4 heterocycles. The molecule has 0 N–H and O–H groups in total. The molecule has 0 spiro atoms. The number of carbonyl (C=O) groups excluding carboxylic acids is 2. The lowest BCUT2D eigenvalue weighted by Gasteiger charge is -2.33. The van der Waals surface area contributed by atoms with E-state index in [1.807, 2.05) is 36.5 Å². The minimum absolute atomic E-state index is 0. The minimum atomic E-state index is -3.09. The second-order valence-corrected chi connectivity index (χ2v) is 9.94. The topological polar surface area (TPSA) is 93.4 Å². The summed E-state index contributed by atoms with van der Waals surface area (Å²) in [5.41, 5.74) is 2.83. The van der Waals surface area contributed by atoms with Gasteiger partial charge in [-0.3, -0.25) is 14.6 Å². The Bertz CT molecular complexity index is 1400. The van der Waals surface area contributed by atoms with E-state index in [9.17, 15) is 18.4 Å². The highest BCUT2D eigenvalue weighted by Gasteiger charge is 2.47. The van der Waals surface area contributed by atoms with Crippen LogP contribution >= 0.6 is 13.5 Å². The average Bonchev–Trinajstić information content (AvgIpc) is 3.26. The molecule has 2 fully saturated rings. The van der Waals surface area contributed by atoms with Gasteiger partial charge in [0.1, 0.15) is 11.9 Å². The molecule has 0 aliphatic carbocycles. The third-order valence-electron chi connectivity index (χ3n) is 7.26. The molecule has 0 radical (unpaired) electrons. The van der Waals surface area contributed by atoms with Crippen molar-refractivity contribution in [2.24, 2.45) is 0 Å². The zero-order valence-corrected chi connectivity index (χ0v) is 22.6. The summed E-state index contributed by atoms with van der Waals surface area (Å²) in [5, 5.41) is 9.79. The highest BCUT2D eigenvalue weighted by molar-refractivity contribution is 7.59. The summed E-state index contributed by atoms with van der Waals surface area (Å²) < 4.78 is 27.4. The Labute approximate surface area is 232 Å². The summed E-state index contributed by atoms with van der Waals surface area (Å²) in [6, 6.07) is 11.9. The molecule has 3 aromatic rings. The number of hydrogen-bond donors (Lipinski definition) is 0. The summed E-state index contributed by atoms with van der Waals surface area (Å²) in [6.07, 6.45) is 2.29. The van der Waals surface area contributed by atoms with Crippen LogP contribution in [-0.4, -0.2) is 83.2 Å². The second kappa shape index (κ2) is 11.6. The van der Waals surface area contributed by atoms with Crippen molar-refractivity contribution < 1.29 is 18.4 Å². The lowest BCUT2D eigenvalue weighted by molar-refractivity contribution is -0.132. The van der Waals surface area contributed by atoms with Crippen molar-refractivity contribution in [3.05, 3.63) is 54.4 Å². The molecule has 204 valence electrons. The van der Waals surface area contributed by atoms with Crippen molar-refractivity contribution in [2.75, 3.05) is 44.7 Å². The number of alkyl halides is 2. The maximum Gasteiger partial charge on any atom is 0.268 e. The third-order valence-corrected chi connectivity index (χ3v) is 7.26. The number of anilines is 1. The third kappa shape index (κ3) is 6.18. The van der Waals surface area contributed by atoms with Crippen LogP contribution in [0.2, 0.25) is 0 Å². The summed E-state index contributed by atoms with van der Waals surface area (Å²) in [6.45, 7) is 3.05. The monoisotopic (exact) mass is 552 g/mol. The quantitative estimate of drug-likeness (QED) is 0.429. The van der Waals surface area contributed by atoms with Gasteiger partial charge in [0.15, 0.2) is 5.78 Å². The molecule has 2 aliphatic rings. The van der Waals surface area contributed by atoms with Crippen LogP contribution in [0.15, 0.2) is 48.8 Å². The molecule has 1 amide bonds. The summed E-state index contributed by atoms with van der Waals surface area (Å²) in [5.74, 6) is -3.06. The highest BCUT2D eigenvalue weighted by Crippen LogP contribution is 2.32. The van der Waals surface area contributed by atoms with Crippen LogP contribution in [0.4, 0.5) is 14.6 Å². The Morgan fingerprint density at radius 2 is 1.79 bits per heavy atom. The molecule has 1 atom stereocenters. The lowest BCUT2D eigenvalue weighted by atomic mass is 9.98. The number of benzene rings is 1. The van der Waals surface area contributed by atoms with E-state index in [4.69, 9.17) is 5.26 Å². The standard InChI is InChI=1S/C28H28F2N6O2.H2S/c1-34-10-12-35(13-11-34)26-6-3-20(17-33-26)19-2-4-24-23(14-19)22(8-9-32-24)25(37)5-7-27(38)36-18-28(29,30)15-21(36)16-31;/h2-4,6,8-9,14,17,21H,5,7,10-13,15,18H2,1H3;1H2/t21-;/m0./s1. The van der Waals surface area contributed by atoms with Crippen LogP contribution in [0.25, 0.3) is 22.0 Å². The first kappa shape index (κ1) is 28.4. The normalized spacial score (nSPS) is 19.0. The van der Waals surface area contributed by atoms with E-state index in [0.717, 1.165) is 48.0 Å². The van der Waals surface area contributed by atoms with Gasteiger partial charge in [-0.1, -0.05) is 6.07 Å². The SMILES string of the molecule is CN1CCN(c2ccc(-c3ccc4nccc(C(=O)CCC(=O)N5CC(F)(F)C[C@H]5C#N)c4c3)cn2)CC1.S. The molecule has 0 bridgehead atoms. The van der Waals surface area contributed by atoms with Gasteiger partial charge in [0, 0.05) is 74.3 Å². The number of fused-ring (bicyclic) bond motifs is 1. The first-order valence-corrected chi connectivity index (χ1v) is 12.6. The number of halogens is 2. The molecule has 0 unspecified atom stereocenters. The van der Waals surface area contributed by atoms with E-state index in [0.29, 0.717) is 16.5 Å². The van der Waals surface area contributed by atoms with Crippen LogP contribution in [0.5, 0.6) is 0 Å². The number of hydrogen-bond acceptors (Lipinski definition) is 7. The van der Waals surface area contributed by atoms with Crippen LogP contribution in [0.1, 0.15) is 29.6 Å². The number of piperazine rings is 1. The van der Waals surface area contributed by atoms with Gasteiger partial charge in [0.05, 0.1) is 18.1 Å². The summed E-state index contributed by atoms with van der Waals surface area (Å²) in [7, 11) is 2.11. The van der Waals surface area contributed by atoms with Gasteiger partial charge in [-0.2, -0.15) is 18.8 Å². The molecular formula is C28H30F2N6O2S. The average molecular weight is 553 g/mol. The number of nitriles is 1. The number of likely N-dealkylation sites (tertiary alicyclic amines) is 1. The van der Waals surface area contributed by atoms with Crippen molar-refractivity contribution in [3.8, 4) is 17.2 Å². The highest BCUT2D eigenvalue weighted by atomic mass is 32.1. The fourth-order valence-corrected chi connectivity index (χ4v) is 5.04. The van der Waals surface area contributed by atoms with Gasteiger partial charge in [-0.15, -0.1) is 0 Å². The first-order chi connectivity index (χ1) is 18.2. The Morgan fingerprint density at radius 3 is 2.49 bits per heavy atom. The molecule has 2 aliphatic heterocycles. The molecule has 2 saturated heterocycles. The summed E-state index contributed by atoms with van der Waals surface area (Å²) >= 11 is 0. The van der Waals surface area contributed by atoms with Gasteiger partial charge in [0.25, 0.3) is 5.92 Å². The smallest absolute Gasteiger partial charge is 0.268 e. The fourth-order valence-electron chi connectivity index (χ4n) is 5.04. The number of nitrogens with zero attached hydrogens (tertiary/aromatic N) is 6. The van der Waals surface area contributed by atoms with Crippen LogP contribution in [0, 0.1) is 11.3 Å². The van der Waals surface area contributed by atoms with E-state index in [2.05, 4.69) is 26.8 Å². The Morgan fingerprint density at radius 1 is 1.05 bits per heavy atom. The summed E-state index contributed by atoms with van der Waals surface area (Å²) in [4.78, 5) is 40.1. The molecule has 2 aromatic heterocycles. The molecule has 8 nitrogen and oxygen atoms in total. The van der Waals surface area contributed by atoms with Crippen molar-refractivity contribution in [1.82, 2.24) is 19.8 Å². The number of likely N-dealkylation sites (N-methyl/N-ethyl adjacent to an activating group) is 1. The van der Waals surface area contributed by atoms with Gasteiger partial charge >= 0.3 is 0 Å². The number of pyridine rings is 2. The largest absolute Gasteiger partial charge is 0.354 e. The number of Topliss-reactive ketones (excluding diaryl/α,β-unsaturated/α-hetero) is 1. The molecule has 5 rings (SSSR count). The van der Waals surface area contributed by atoms with E-state index >= 15 is 0 Å². The Hall–Kier alpha value is -3.62. The number of rotatable bonds is 6. The number of amides is 1. The number of carbonyl (C=O) groups is 2. The van der Waals surface area contributed by atoms with Crippen molar-refractivity contribution >= 4 is 41.9 Å².